The lowest BCUT2D eigenvalue weighted by atomic mass is 10.1. The fourth-order valence-electron chi connectivity index (χ4n) is 3.06. The third kappa shape index (κ3) is 4.29. The van der Waals surface area contributed by atoms with E-state index in [1.807, 2.05) is 0 Å². The second-order valence-electron chi connectivity index (χ2n) is 5.72. The molecule has 2 aliphatic rings. The number of allylic oxidation sites excluding steroid dienone is 2. The van der Waals surface area contributed by atoms with Gasteiger partial charge in [0, 0.05) is 11.8 Å². The van der Waals surface area contributed by atoms with E-state index in [0.717, 1.165) is 0 Å². The van der Waals surface area contributed by atoms with E-state index in [-0.39, 0.29) is 0 Å². The Morgan fingerprint density at radius 1 is 0.706 bits per heavy atom. The summed E-state index contributed by atoms with van der Waals surface area (Å²) in [6.07, 6.45) is 18.7. The summed E-state index contributed by atoms with van der Waals surface area (Å²) in [5, 5.41) is 0. The molecule has 0 aromatic rings. The summed E-state index contributed by atoms with van der Waals surface area (Å²) in [4.78, 5) is 11.6. The Labute approximate surface area is 106 Å². The third-order valence-corrected chi connectivity index (χ3v) is 4.30. The van der Waals surface area contributed by atoms with Gasteiger partial charge in [-0.3, -0.25) is 4.79 Å². The van der Waals surface area contributed by atoms with Crippen LogP contribution < -0.4 is 0 Å². The highest BCUT2D eigenvalue weighted by molar-refractivity contribution is 5.99. The van der Waals surface area contributed by atoms with E-state index >= 15 is 0 Å². The van der Waals surface area contributed by atoms with Crippen molar-refractivity contribution in [3.8, 4) is 0 Å². The number of ketones is 1. The molecule has 0 saturated heterocycles. The zero-order chi connectivity index (χ0) is 11.9. The van der Waals surface area contributed by atoms with Crippen LogP contribution in [0.4, 0.5) is 0 Å². The second kappa shape index (κ2) is 6.98. The van der Waals surface area contributed by atoms with Gasteiger partial charge >= 0.3 is 0 Å². The molecule has 96 valence electrons. The zero-order valence-electron chi connectivity index (χ0n) is 11.0. The molecule has 0 aromatic carbocycles. The standard InChI is InChI=1S/C16H26O/c17-16-14-12-10-8-6-4-2-1-3-5-7-9-11-13-15(14)16/h1-2,14-15H,3-13H2. The lowest BCUT2D eigenvalue weighted by Crippen LogP contribution is -1.86. The number of carbonyl (C=O) groups is 1. The predicted molar refractivity (Wildman–Crippen MR) is 71.9 cm³/mol. The van der Waals surface area contributed by atoms with Gasteiger partial charge in [0.05, 0.1) is 0 Å². The van der Waals surface area contributed by atoms with Crippen LogP contribution in [0, 0.1) is 11.8 Å². The molecule has 0 radical (unpaired) electrons. The Kier molecular flexibility index (Phi) is 5.28. The normalized spacial score (nSPS) is 32.4. The molecule has 0 N–H and O–H groups in total. The highest BCUT2D eigenvalue weighted by Crippen LogP contribution is 2.41. The van der Waals surface area contributed by atoms with Crippen molar-refractivity contribution in [1.82, 2.24) is 0 Å². The van der Waals surface area contributed by atoms with Gasteiger partial charge in [0.15, 0.2) is 0 Å². The molecule has 1 saturated carbocycles. The number of Topliss-reactive ketones (excluding diaryl/α,β-unsaturated/α-hetero) is 1. The highest BCUT2D eigenvalue weighted by Gasteiger charge is 2.46. The first-order chi connectivity index (χ1) is 8.39. The molecular formula is C16H26O. The quantitative estimate of drug-likeness (QED) is 0.557. The largest absolute Gasteiger partial charge is 0.299 e. The third-order valence-electron chi connectivity index (χ3n) is 4.30. The van der Waals surface area contributed by atoms with Gasteiger partial charge in [0.25, 0.3) is 0 Å². The topological polar surface area (TPSA) is 17.1 Å². The lowest BCUT2D eigenvalue weighted by Gasteiger charge is -1.99. The van der Waals surface area contributed by atoms with Gasteiger partial charge in [0.2, 0.25) is 0 Å². The molecule has 2 aliphatic carbocycles. The van der Waals surface area contributed by atoms with Gasteiger partial charge in [-0.05, 0) is 38.5 Å². The Morgan fingerprint density at radius 2 is 1.18 bits per heavy atom. The van der Waals surface area contributed by atoms with Crippen LogP contribution >= 0.6 is 0 Å². The maximum atomic E-state index is 11.6. The smallest absolute Gasteiger partial charge is 0.140 e. The molecule has 1 heteroatoms. The van der Waals surface area contributed by atoms with Gasteiger partial charge in [-0.25, -0.2) is 0 Å². The number of rotatable bonds is 0. The van der Waals surface area contributed by atoms with Crippen molar-refractivity contribution in [2.45, 2.75) is 70.6 Å². The monoisotopic (exact) mass is 234 g/mol. The number of fused-ring (bicyclic) bond motifs is 1. The Balaban J connectivity index is 1.72. The minimum atomic E-state index is 0.468. The maximum Gasteiger partial charge on any atom is 0.140 e. The van der Waals surface area contributed by atoms with Crippen molar-refractivity contribution in [2.75, 3.05) is 0 Å². The Hall–Kier alpha value is -0.590. The van der Waals surface area contributed by atoms with Crippen molar-refractivity contribution < 1.29 is 4.79 Å². The van der Waals surface area contributed by atoms with Crippen LogP contribution in [-0.4, -0.2) is 5.78 Å². The molecule has 0 heterocycles. The molecule has 2 atom stereocenters. The number of carbonyl (C=O) groups excluding carboxylic acids is 1. The van der Waals surface area contributed by atoms with E-state index < -0.39 is 0 Å². The molecule has 0 aliphatic heterocycles. The van der Waals surface area contributed by atoms with E-state index in [9.17, 15) is 4.79 Å². The summed E-state index contributed by atoms with van der Waals surface area (Å²) in [6, 6.07) is 0. The molecule has 0 amide bonds. The second-order valence-corrected chi connectivity index (χ2v) is 5.72. The molecule has 17 heavy (non-hydrogen) atoms. The summed E-state index contributed by atoms with van der Waals surface area (Å²) in [5.41, 5.74) is 0. The van der Waals surface area contributed by atoms with Gasteiger partial charge in [-0.2, -0.15) is 0 Å². The van der Waals surface area contributed by atoms with Crippen molar-refractivity contribution in [3.05, 3.63) is 12.2 Å². The molecular weight excluding hydrogens is 208 g/mol. The van der Waals surface area contributed by atoms with Crippen molar-refractivity contribution in [3.63, 3.8) is 0 Å². The van der Waals surface area contributed by atoms with Crippen LogP contribution in [0.3, 0.4) is 0 Å². The molecule has 2 unspecified atom stereocenters. The van der Waals surface area contributed by atoms with Crippen molar-refractivity contribution >= 4 is 5.78 Å². The van der Waals surface area contributed by atoms with Gasteiger partial charge in [0.1, 0.15) is 5.78 Å². The summed E-state index contributed by atoms with van der Waals surface area (Å²) in [6.45, 7) is 0. The summed E-state index contributed by atoms with van der Waals surface area (Å²) >= 11 is 0. The summed E-state index contributed by atoms with van der Waals surface area (Å²) in [7, 11) is 0. The molecule has 2 rings (SSSR count). The fourth-order valence-corrected chi connectivity index (χ4v) is 3.06. The van der Waals surface area contributed by atoms with Gasteiger partial charge < -0.3 is 0 Å². The van der Waals surface area contributed by atoms with Crippen molar-refractivity contribution in [1.29, 1.82) is 0 Å². The molecule has 1 nitrogen and oxygen atoms in total. The van der Waals surface area contributed by atoms with Gasteiger partial charge in [-0.15, -0.1) is 0 Å². The fraction of sp³-hybridized carbons (Fsp3) is 0.812. The molecule has 1 fully saturated rings. The van der Waals surface area contributed by atoms with Crippen LogP contribution in [0.15, 0.2) is 12.2 Å². The maximum absolute atomic E-state index is 11.6. The average Bonchev–Trinajstić information content (AvgIpc) is 2.94. The Morgan fingerprint density at radius 3 is 1.76 bits per heavy atom. The first kappa shape index (κ1) is 12.9. The van der Waals surface area contributed by atoms with E-state index in [4.69, 9.17) is 0 Å². The SMILES string of the molecule is O=C1C2CCCCCC=CCCCCCCC12. The Bertz CT molecular complexity index is 267. The molecule has 0 bridgehead atoms. The first-order valence-corrected chi connectivity index (χ1v) is 7.58. The number of hydrogen-bond donors (Lipinski definition) is 0. The summed E-state index contributed by atoms with van der Waals surface area (Å²) in [5.74, 6) is 1.52. The van der Waals surface area contributed by atoms with Crippen molar-refractivity contribution in [2.24, 2.45) is 11.8 Å². The highest BCUT2D eigenvalue weighted by atomic mass is 16.1. The van der Waals surface area contributed by atoms with Crippen LogP contribution in [0.5, 0.6) is 0 Å². The summed E-state index contributed by atoms with van der Waals surface area (Å²) < 4.78 is 0. The lowest BCUT2D eigenvalue weighted by molar-refractivity contribution is -0.112. The van der Waals surface area contributed by atoms with Crippen LogP contribution in [0.25, 0.3) is 0 Å². The predicted octanol–water partition coefficient (Wildman–Crippen LogP) is 4.66. The van der Waals surface area contributed by atoms with Crippen LogP contribution in [0.2, 0.25) is 0 Å². The van der Waals surface area contributed by atoms with E-state index in [1.54, 1.807) is 0 Å². The van der Waals surface area contributed by atoms with Crippen LogP contribution in [-0.2, 0) is 4.79 Å². The number of hydrogen-bond acceptors (Lipinski definition) is 1. The van der Waals surface area contributed by atoms with Crippen LogP contribution in [0.1, 0.15) is 70.6 Å². The first-order valence-electron chi connectivity index (χ1n) is 7.58. The molecule has 0 spiro atoms. The van der Waals surface area contributed by atoms with Gasteiger partial charge in [-0.1, -0.05) is 44.3 Å². The minimum absolute atomic E-state index is 0.468. The molecule has 0 aromatic heterocycles. The zero-order valence-corrected chi connectivity index (χ0v) is 11.0. The average molecular weight is 234 g/mol. The van der Waals surface area contributed by atoms with E-state index in [1.165, 1.54) is 70.6 Å². The van der Waals surface area contributed by atoms with E-state index in [0.29, 0.717) is 17.6 Å². The van der Waals surface area contributed by atoms with E-state index in [2.05, 4.69) is 12.2 Å². The minimum Gasteiger partial charge on any atom is -0.299 e.